The maximum atomic E-state index is 16.6. The number of halogens is 5. The van der Waals surface area contributed by atoms with Crippen LogP contribution in [0.3, 0.4) is 0 Å². The molecule has 3 aliphatic rings. The fraction of sp³-hybridized carbons (Fsp3) is 0.385. The standard InChI is InChI=1S/C37H39F2N3O5S.C2HF3O2/c38-37(39,26-12-17-32(18-13-26)46-30-6-2-1-3-7-30)35(36(43)42-28-14-15-29(42)23-27(40)22-28)41-48(44,45)34-19-11-24-20-33(16-10-25(24)21-34)47-31-8-4-5-9-31;3-2(4,5)1(6)7/h1-3,6-7,10-13,16-21,27-29,31,35,41H,4-5,8-9,14-15,22-23,40H2;(H,6,7). The summed E-state index contributed by atoms with van der Waals surface area (Å²) in [6, 6.07) is 20.6. The predicted molar refractivity (Wildman–Crippen MR) is 192 cm³/mol. The monoisotopic (exact) mass is 789 g/mol. The van der Waals surface area contributed by atoms with E-state index in [1.807, 2.05) is 12.1 Å². The van der Waals surface area contributed by atoms with Crippen molar-refractivity contribution in [2.45, 2.75) is 98.6 Å². The smallest absolute Gasteiger partial charge is 0.490 e. The third-order valence-electron chi connectivity index (χ3n) is 10.1. The van der Waals surface area contributed by atoms with Crippen LogP contribution < -0.4 is 19.9 Å². The van der Waals surface area contributed by atoms with Gasteiger partial charge in [-0.05, 0) is 123 Å². The van der Waals surface area contributed by atoms with Gasteiger partial charge in [-0.25, -0.2) is 13.2 Å². The summed E-state index contributed by atoms with van der Waals surface area (Å²) in [5, 5.41) is 8.48. The van der Waals surface area contributed by atoms with Gasteiger partial charge in [-0.2, -0.15) is 26.7 Å². The lowest BCUT2D eigenvalue weighted by molar-refractivity contribution is -0.192. The van der Waals surface area contributed by atoms with Gasteiger partial charge in [0, 0.05) is 23.7 Å². The van der Waals surface area contributed by atoms with Crippen LogP contribution in [0.1, 0.15) is 56.9 Å². The SMILES string of the molecule is NC1CC2CCC(C1)N2C(=O)C(NS(=O)(=O)c1ccc2cc(OC3CCCC3)ccc2c1)C(F)(F)c1ccc(Oc2ccccc2)cc1.O=C(O)C(F)(F)F. The Morgan fingerprint density at radius 1 is 0.782 bits per heavy atom. The fourth-order valence-electron chi connectivity index (χ4n) is 7.41. The summed E-state index contributed by atoms with van der Waals surface area (Å²) in [7, 11) is -4.59. The topological polar surface area (TPSA) is 148 Å². The number of nitrogens with one attached hydrogen (secondary N) is 1. The molecule has 0 aromatic heterocycles. The van der Waals surface area contributed by atoms with Crippen molar-refractivity contribution < 1.29 is 54.5 Å². The lowest BCUT2D eigenvalue weighted by Gasteiger charge is -2.41. The minimum Gasteiger partial charge on any atom is -0.490 e. The molecular weight excluding hydrogens is 750 g/mol. The number of fused-ring (bicyclic) bond motifs is 3. The van der Waals surface area contributed by atoms with Crippen LogP contribution >= 0.6 is 0 Å². The summed E-state index contributed by atoms with van der Waals surface area (Å²) < 4.78 is 107. The molecule has 0 spiro atoms. The third kappa shape index (κ3) is 9.36. The van der Waals surface area contributed by atoms with Crippen molar-refractivity contribution in [3.63, 3.8) is 0 Å². The van der Waals surface area contributed by atoms with Gasteiger partial charge in [-0.1, -0.05) is 30.3 Å². The molecule has 3 atom stereocenters. The van der Waals surface area contributed by atoms with Crippen molar-refractivity contribution in [3.8, 4) is 17.2 Å². The van der Waals surface area contributed by atoms with Gasteiger partial charge in [0.2, 0.25) is 15.9 Å². The quantitative estimate of drug-likeness (QED) is 0.140. The number of hydrogen-bond donors (Lipinski definition) is 3. The normalized spacial score (nSPS) is 20.8. The van der Waals surface area contributed by atoms with E-state index < -0.39 is 45.6 Å². The maximum absolute atomic E-state index is 16.6. The number of carbonyl (C=O) groups excluding carboxylic acids is 1. The van der Waals surface area contributed by atoms with E-state index in [0.29, 0.717) is 48.3 Å². The molecule has 16 heteroatoms. The number of carboxylic acids is 1. The number of para-hydroxylation sites is 1. The van der Waals surface area contributed by atoms with Gasteiger partial charge in [0.25, 0.3) is 5.92 Å². The van der Waals surface area contributed by atoms with Gasteiger partial charge in [0.15, 0.2) is 6.04 Å². The number of sulfonamides is 1. The predicted octanol–water partition coefficient (Wildman–Crippen LogP) is 7.51. The van der Waals surface area contributed by atoms with Crippen LogP contribution in [0.4, 0.5) is 22.0 Å². The van der Waals surface area contributed by atoms with Crippen LogP contribution in [0.5, 0.6) is 17.2 Å². The third-order valence-corrected chi connectivity index (χ3v) is 11.5. The first-order chi connectivity index (χ1) is 26.0. The number of piperidine rings is 1. The zero-order chi connectivity index (χ0) is 39.5. The fourth-order valence-corrected chi connectivity index (χ4v) is 8.63. The molecule has 3 fully saturated rings. The molecule has 2 saturated heterocycles. The molecule has 1 aliphatic carbocycles. The molecule has 2 heterocycles. The van der Waals surface area contributed by atoms with Crippen molar-refractivity contribution in [2.75, 3.05) is 0 Å². The second-order valence-corrected chi connectivity index (χ2v) is 15.7. The molecule has 4 aromatic carbocycles. The highest BCUT2D eigenvalue weighted by Crippen LogP contribution is 2.40. The van der Waals surface area contributed by atoms with Crippen molar-refractivity contribution in [2.24, 2.45) is 5.73 Å². The summed E-state index contributed by atoms with van der Waals surface area (Å²) in [5.41, 5.74) is 5.68. The van der Waals surface area contributed by atoms with Crippen molar-refractivity contribution >= 4 is 32.7 Å². The van der Waals surface area contributed by atoms with Crippen LogP contribution in [0.2, 0.25) is 0 Å². The first-order valence-corrected chi connectivity index (χ1v) is 19.3. The Labute approximate surface area is 314 Å². The molecule has 0 radical (unpaired) electrons. The Kier molecular flexibility index (Phi) is 11.7. The Morgan fingerprint density at radius 2 is 1.33 bits per heavy atom. The highest BCUT2D eigenvalue weighted by atomic mass is 32.2. The van der Waals surface area contributed by atoms with E-state index in [4.69, 9.17) is 25.1 Å². The second kappa shape index (κ2) is 16.1. The van der Waals surface area contributed by atoms with Crippen molar-refractivity contribution in [1.82, 2.24) is 9.62 Å². The summed E-state index contributed by atoms with van der Waals surface area (Å²) in [6.45, 7) is 0. The molecule has 2 aliphatic heterocycles. The number of ether oxygens (including phenoxy) is 2. The lowest BCUT2D eigenvalue weighted by atomic mass is 9.94. The molecule has 3 unspecified atom stereocenters. The van der Waals surface area contributed by atoms with Crippen LogP contribution in [-0.4, -0.2) is 66.7 Å². The Hall–Kier alpha value is -4.80. The van der Waals surface area contributed by atoms with Crippen LogP contribution in [0.25, 0.3) is 10.8 Å². The minimum absolute atomic E-state index is 0.138. The lowest BCUT2D eigenvalue weighted by Crippen LogP contribution is -2.60. The van der Waals surface area contributed by atoms with E-state index in [2.05, 4.69) is 4.72 Å². The molecule has 1 saturated carbocycles. The molecule has 1 amide bonds. The number of alkyl halides is 5. The van der Waals surface area contributed by atoms with Gasteiger partial charge in [-0.15, -0.1) is 0 Å². The van der Waals surface area contributed by atoms with E-state index in [-0.39, 0.29) is 29.1 Å². The Balaban J connectivity index is 0.000000672. The number of rotatable bonds is 10. The molecule has 10 nitrogen and oxygen atoms in total. The molecular formula is C39H40F5N3O7S. The minimum atomic E-state index is -5.08. The first kappa shape index (κ1) is 39.9. The second-order valence-electron chi connectivity index (χ2n) is 14.0. The highest BCUT2D eigenvalue weighted by Gasteiger charge is 2.53. The number of nitrogens with two attached hydrogens (primary N) is 1. The largest absolute Gasteiger partial charge is 0.490 e. The van der Waals surface area contributed by atoms with Gasteiger partial charge < -0.3 is 25.2 Å². The number of nitrogens with zero attached hydrogens (tertiary/aromatic N) is 1. The molecule has 2 bridgehead atoms. The average molecular weight is 790 g/mol. The summed E-state index contributed by atoms with van der Waals surface area (Å²) in [6.07, 6.45) is 1.60. The number of carboxylic acid groups (broad SMARTS) is 1. The average Bonchev–Trinajstić information content (AvgIpc) is 3.75. The van der Waals surface area contributed by atoms with E-state index >= 15 is 8.78 Å². The number of amides is 1. The molecule has 294 valence electrons. The van der Waals surface area contributed by atoms with Gasteiger partial charge in [0.05, 0.1) is 11.0 Å². The van der Waals surface area contributed by atoms with Crippen molar-refractivity contribution in [1.29, 1.82) is 0 Å². The van der Waals surface area contributed by atoms with E-state index in [9.17, 15) is 26.4 Å². The maximum Gasteiger partial charge on any atom is 0.490 e. The zero-order valence-electron chi connectivity index (χ0n) is 29.4. The highest BCUT2D eigenvalue weighted by molar-refractivity contribution is 7.89. The van der Waals surface area contributed by atoms with Crippen molar-refractivity contribution in [3.05, 3.63) is 96.6 Å². The summed E-state index contributed by atoms with van der Waals surface area (Å²) in [4.78, 5) is 24.3. The van der Waals surface area contributed by atoms with Gasteiger partial charge in [0.1, 0.15) is 17.2 Å². The molecule has 7 rings (SSSR count). The Morgan fingerprint density at radius 3 is 1.93 bits per heavy atom. The van der Waals surface area contributed by atoms with E-state index in [1.165, 1.54) is 29.2 Å². The first-order valence-electron chi connectivity index (χ1n) is 17.8. The number of aliphatic carboxylic acids is 1. The van der Waals surface area contributed by atoms with Gasteiger partial charge >= 0.3 is 12.1 Å². The molecule has 4 N–H and O–H groups in total. The van der Waals surface area contributed by atoms with Gasteiger partial charge in [-0.3, -0.25) is 4.79 Å². The zero-order valence-corrected chi connectivity index (χ0v) is 30.2. The van der Waals surface area contributed by atoms with Crippen LogP contribution in [0.15, 0.2) is 95.9 Å². The molecule has 55 heavy (non-hydrogen) atoms. The van der Waals surface area contributed by atoms with E-state index in [1.54, 1.807) is 42.5 Å². The Bertz CT molecular complexity index is 2080. The number of hydrogen-bond acceptors (Lipinski definition) is 7. The summed E-state index contributed by atoms with van der Waals surface area (Å²) >= 11 is 0. The van der Waals surface area contributed by atoms with E-state index in [0.717, 1.165) is 43.2 Å². The van der Waals surface area contributed by atoms with Crippen LogP contribution in [0, 0.1) is 0 Å². The molecule has 4 aromatic rings. The van der Waals surface area contributed by atoms with Crippen LogP contribution in [-0.2, 0) is 25.5 Å². The number of carbonyl (C=O) groups is 2. The summed E-state index contributed by atoms with van der Waals surface area (Å²) in [5.74, 6) is -6.07. The number of benzene rings is 4.